The molecule has 25 heavy (non-hydrogen) atoms. The number of carbonyl (C=O) groups excluding carboxylic acids is 1. The summed E-state index contributed by atoms with van der Waals surface area (Å²) in [6.45, 7) is 3.76. The summed E-state index contributed by atoms with van der Waals surface area (Å²) in [7, 11) is -3.11. The van der Waals surface area contributed by atoms with Gasteiger partial charge in [-0.25, -0.2) is 8.42 Å². The molecule has 0 bridgehead atoms. The first-order valence-electron chi connectivity index (χ1n) is 7.95. The Bertz CT molecular complexity index is 842. The van der Waals surface area contributed by atoms with Crippen LogP contribution in [-0.4, -0.2) is 42.3 Å². The van der Waals surface area contributed by atoms with Crippen LogP contribution in [0.3, 0.4) is 0 Å². The third-order valence-corrected chi connectivity index (χ3v) is 8.22. The number of anilines is 1. The summed E-state index contributed by atoms with van der Waals surface area (Å²) < 4.78 is 24.1. The van der Waals surface area contributed by atoms with Crippen molar-refractivity contribution in [3.05, 3.63) is 28.2 Å². The average molecular weight is 421 g/mol. The number of hydrogen-bond acceptors (Lipinski definition) is 4. The summed E-state index contributed by atoms with van der Waals surface area (Å²) in [5, 5.41) is 1.26. The van der Waals surface area contributed by atoms with Gasteiger partial charge in [-0.15, -0.1) is 0 Å². The molecular formula is C16H18Cl2N2O3S2. The van der Waals surface area contributed by atoms with E-state index in [-0.39, 0.29) is 34.6 Å². The summed E-state index contributed by atoms with van der Waals surface area (Å²) in [6, 6.07) is 4.76. The largest absolute Gasteiger partial charge is 0.314 e. The number of benzene rings is 1. The van der Waals surface area contributed by atoms with Gasteiger partial charge in [0.05, 0.1) is 28.3 Å². The van der Waals surface area contributed by atoms with Crippen molar-refractivity contribution in [3.8, 4) is 0 Å². The van der Waals surface area contributed by atoms with Crippen molar-refractivity contribution in [2.24, 2.45) is 10.9 Å². The van der Waals surface area contributed by atoms with Crippen LogP contribution in [0, 0.1) is 5.92 Å². The van der Waals surface area contributed by atoms with Crippen molar-refractivity contribution in [3.63, 3.8) is 0 Å². The third kappa shape index (κ3) is 3.84. The van der Waals surface area contributed by atoms with E-state index in [0.29, 0.717) is 27.3 Å². The first-order valence-corrected chi connectivity index (χ1v) is 11.4. The highest BCUT2D eigenvalue weighted by Crippen LogP contribution is 2.43. The smallest absolute Gasteiger partial charge is 0.250 e. The Morgan fingerprint density at radius 2 is 2.12 bits per heavy atom. The molecule has 3 rings (SSSR count). The van der Waals surface area contributed by atoms with Crippen LogP contribution in [0.1, 0.15) is 20.3 Å². The minimum atomic E-state index is -3.11. The zero-order valence-electron chi connectivity index (χ0n) is 13.8. The Kier molecular flexibility index (Phi) is 5.40. The second-order valence-electron chi connectivity index (χ2n) is 6.31. The van der Waals surface area contributed by atoms with E-state index < -0.39 is 9.84 Å². The fourth-order valence-electron chi connectivity index (χ4n) is 2.90. The quantitative estimate of drug-likeness (QED) is 0.746. The van der Waals surface area contributed by atoms with Gasteiger partial charge in [0.2, 0.25) is 0 Å². The molecule has 0 spiro atoms. The van der Waals surface area contributed by atoms with Gasteiger partial charge in [-0.3, -0.25) is 4.79 Å². The zero-order valence-corrected chi connectivity index (χ0v) is 16.9. The van der Waals surface area contributed by atoms with Crippen molar-refractivity contribution in [2.45, 2.75) is 31.6 Å². The minimum absolute atomic E-state index is 0.0279. The maximum Gasteiger partial charge on any atom is 0.250 e. The first-order chi connectivity index (χ1) is 11.7. The monoisotopic (exact) mass is 420 g/mol. The molecule has 0 N–H and O–H groups in total. The van der Waals surface area contributed by atoms with E-state index >= 15 is 0 Å². The molecule has 1 aromatic carbocycles. The lowest BCUT2D eigenvalue weighted by Crippen LogP contribution is -2.38. The van der Waals surface area contributed by atoms with E-state index in [4.69, 9.17) is 23.2 Å². The van der Waals surface area contributed by atoms with E-state index in [1.807, 2.05) is 13.8 Å². The number of carbonyl (C=O) groups is 1. The molecule has 2 aliphatic rings. The fourth-order valence-corrected chi connectivity index (χ4v) is 7.31. The van der Waals surface area contributed by atoms with Crippen molar-refractivity contribution in [2.75, 3.05) is 16.4 Å². The molecule has 2 heterocycles. The molecule has 2 fully saturated rings. The van der Waals surface area contributed by atoms with Gasteiger partial charge in [0.15, 0.2) is 15.0 Å². The SMILES string of the molecule is CC[C@@H](C)C(=O)N=C1S[C@H]2CS(=O)(=O)C[C@@H]2N1c1ccc(Cl)cc1Cl. The number of amidine groups is 1. The second-order valence-corrected chi connectivity index (χ2v) is 10.5. The maximum atomic E-state index is 12.3. The molecule has 0 saturated carbocycles. The molecule has 3 atom stereocenters. The lowest BCUT2D eigenvalue weighted by atomic mass is 10.1. The maximum absolute atomic E-state index is 12.3. The number of fused-ring (bicyclic) bond motifs is 1. The molecule has 0 aromatic heterocycles. The first kappa shape index (κ1) is 19.0. The highest BCUT2D eigenvalue weighted by Gasteiger charge is 2.49. The molecule has 0 unspecified atom stereocenters. The molecule has 0 aliphatic carbocycles. The number of thioether (sulfide) groups is 1. The Hall–Kier alpha value is -0.760. The molecule has 5 nitrogen and oxygen atoms in total. The standard InChI is InChI=1S/C16H18Cl2N2O3S2/c1-3-9(2)15(21)19-16-20(12-5-4-10(17)6-11(12)18)13-7-25(22,23)8-14(13)24-16/h4-6,9,13-14H,3,7-8H2,1-2H3/t9-,13+,14+/m1/s1. The van der Waals surface area contributed by atoms with Crippen molar-refractivity contribution in [1.82, 2.24) is 0 Å². The number of nitrogens with zero attached hydrogens (tertiary/aromatic N) is 2. The molecule has 2 aliphatic heterocycles. The highest BCUT2D eigenvalue weighted by atomic mass is 35.5. The van der Waals surface area contributed by atoms with E-state index in [1.165, 1.54) is 11.8 Å². The molecule has 1 aromatic rings. The molecule has 1 amide bonds. The lowest BCUT2D eigenvalue weighted by Gasteiger charge is -2.25. The fraction of sp³-hybridized carbons (Fsp3) is 0.500. The Labute approximate surface area is 161 Å². The molecule has 9 heteroatoms. The van der Waals surface area contributed by atoms with Crippen LogP contribution < -0.4 is 4.90 Å². The summed E-state index contributed by atoms with van der Waals surface area (Å²) in [4.78, 5) is 18.4. The Morgan fingerprint density at radius 3 is 2.76 bits per heavy atom. The predicted molar refractivity (Wildman–Crippen MR) is 105 cm³/mol. The predicted octanol–water partition coefficient (Wildman–Crippen LogP) is 3.64. The van der Waals surface area contributed by atoms with E-state index in [1.54, 1.807) is 23.1 Å². The number of sulfone groups is 1. The third-order valence-electron chi connectivity index (χ3n) is 4.48. The van der Waals surface area contributed by atoms with Gasteiger partial charge in [0.25, 0.3) is 5.91 Å². The number of halogens is 2. The van der Waals surface area contributed by atoms with Gasteiger partial charge in [-0.2, -0.15) is 4.99 Å². The molecule has 0 radical (unpaired) electrons. The van der Waals surface area contributed by atoms with Gasteiger partial charge < -0.3 is 4.90 Å². The van der Waals surface area contributed by atoms with Crippen LogP contribution >= 0.6 is 35.0 Å². The van der Waals surface area contributed by atoms with Gasteiger partial charge >= 0.3 is 0 Å². The zero-order chi connectivity index (χ0) is 18.4. The lowest BCUT2D eigenvalue weighted by molar-refractivity contribution is -0.121. The summed E-state index contributed by atoms with van der Waals surface area (Å²) in [6.07, 6.45) is 0.698. The van der Waals surface area contributed by atoms with Gasteiger partial charge in [-0.1, -0.05) is 48.8 Å². The molecular weight excluding hydrogens is 403 g/mol. The van der Waals surface area contributed by atoms with Crippen molar-refractivity contribution in [1.29, 1.82) is 0 Å². The summed E-state index contributed by atoms with van der Waals surface area (Å²) in [5.74, 6) is -0.275. The number of aliphatic imine (C=N–C) groups is 1. The number of rotatable bonds is 3. The van der Waals surface area contributed by atoms with E-state index in [9.17, 15) is 13.2 Å². The second kappa shape index (κ2) is 7.10. The van der Waals surface area contributed by atoms with Gasteiger partial charge in [-0.05, 0) is 24.6 Å². The normalized spacial score (nSPS) is 27.5. The van der Waals surface area contributed by atoms with Crippen LogP contribution in [0.4, 0.5) is 5.69 Å². The molecule has 136 valence electrons. The van der Waals surface area contributed by atoms with Crippen LogP contribution in [0.2, 0.25) is 10.0 Å². The average Bonchev–Trinajstić information content (AvgIpc) is 2.98. The van der Waals surface area contributed by atoms with Crippen LogP contribution in [-0.2, 0) is 14.6 Å². The van der Waals surface area contributed by atoms with Crippen molar-refractivity contribution < 1.29 is 13.2 Å². The van der Waals surface area contributed by atoms with E-state index in [2.05, 4.69) is 4.99 Å². The summed E-state index contributed by atoms with van der Waals surface area (Å²) >= 11 is 13.7. The van der Waals surface area contributed by atoms with E-state index in [0.717, 1.165) is 0 Å². The minimum Gasteiger partial charge on any atom is -0.314 e. The topological polar surface area (TPSA) is 66.8 Å². The Balaban J connectivity index is 2.04. The number of amides is 1. The summed E-state index contributed by atoms with van der Waals surface area (Å²) in [5.41, 5.74) is 0.624. The number of hydrogen-bond donors (Lipinski definition) is 0. The van der Waals surface area contributed by atoms with Crippen molar-refractivity contribution >= 4 is 61.6 Å². The van der Waals surface area contributed by atoms with Gasteiger partial charge in [0, 0.05) is 16.2 Å². The highest BCUT2D eigenvalue weighted by molar-refractivity contribution is 8.16. The van der Waals surface area contributed by atoms with Crippen LogP contribution in [0.5, 0.6) is 0 Å². The van der Waals surface area contributed by atoms with Gasteiger partial charge in [0.1, 0.15) is 0 Å². The Morgan fingerprint density at radius 1 is 1.40 bits per heavy atom. The van der Waals surface area contributed by atoms with Crippen LogP contribution in [0.25, 0.3) is 0 Å². The van der Waals surface area contributed by atoms with Crippen LogP contribution in [0.15, 0.2) is 23.2 Å². The molecule has 2 saturated heterocycles.